The van der Waals surface area contributed by atoms with Crippen LogP contribution in [0, 0.1) is 0 Å². The van der Waals surface area contributed by atoms with Crippen LogP contribution in [0.25, 0.3) is 0 Å². The first kappa shape index (κ1) is 14.8. The summed E-state index contributed by atoms with van der Waals surface area (Å²) in [4.78, 5) is 0.0228. The van der Waals surface area contributed by atoms with Crippen molar-refractivity contribution in [1.29, 1.82) is 0 Å². The van der Waals surface area contributed by atoms with Gasteiger partial charge in [-0.25, -0.2) is 13.6 Å². The third-order valence-corrected chi connectivity index (χ3v) is 4.52. The van der Waals surface area contributed by atoms with Crippen LogP contribution in [0.4, 0.5) is 11.4 Å². The first-order chi connectivity index (χ1) is 9.36. The highest BCUT2D eigenvalue weighted by molar-refractivity contribution is 7.89. The molecule has 0 aliphatic carbocycles. The second kappa shape index (κ2) is 5.82. The minimum Gasteiger partial charge on any atom is -0.399 e. The summed E-state index contributed by atoms with van der Waals surface area (Å²) in [5.74, 6) is 0. The van der Waals surface area contributed by atoms with E-state index in [0.717, 1.165) is 6.42 Å². The van der Waals surface area contributed by atoms with E-state index in [1.165, 1.54) is 11.6 Å². The molecule has 1 atom stereocenters. The van der Waals surface area contributed by atoms with Crippen LogP contribution in [0.3, 0.4) is 0 Å². The summed E-state index contributed by atoms with van der Waals surface area (Å²) >= 11 is 1.64. The van der Waals surface area contributed by atoms with Gasteiger partial charge in [-0.15, -0.1) is 0 Å². The van der Waals surface area contributed by atoms with Crippen LogP contribution in [-0.2, 0) is 16.4 Å². The maximum Gasteiger partial charge on any atom is 0.240 e. The molecule has 0 aliphatic rings. The molecule has 0 spiro atoms. The molecule has 7 heteroatoms. The molecule has 20 heavy (non-hydrogen) atoms. The molecule has 0 amide bonds. The molecule has 5 N–H and O–H groups in total. The van der Waals surface area contributed by atoms with Gasteiger partial charge in [0, 0.05) is 11.7 Å². The van der Waals surface area contributed by atoms with Gasteiger partial charge in [-0.2, -0.15) is 11.3 Å². The van der Waals surface area contributed by atoms with Crippen LogP contribution in [0.1, 0.15) is 12.5 Å². The predicted octanol–water partition coefficient (Wildman–Crippen LogP) is 2.02. The summed E-state index contributed by atoms with van der Waals surface area (Å²) in [6.07, 6.45) is 0.804. The molecule has 1 aromatic carbocycles. The van der Waals surface area contributed by atoms with Crippen molar-refractivity contribution >= 4 is 32.7 Å². The normalized spacial score (nSPS) is 13.1. The van der Waals surface area contributed by atoms with E-state index in [0.29, 0.717) is 11.4 Å². The van der Waals surface area contributed by atoms with Crippen LogP contribution in [0.15, 0.2) is 39.9 Å². The van der Waals surface area contributed by atoms with Crippen molar-refractivity contribution in [3.05, 3.63) is 40.6 Å². The quantitative estimate of drug-likeness (QED) is 0.736. The predicted molar refractivity (Wildman–Crippen MR) is 83.3 cm³/mol. The minimum absolute atomic E-state index is 0.0228. The average Bonchev–Trinajstić information content (AvgIpc) is 2.82. The van der Waals surface area contributed by atoms with E-state index in [4.69, 9.17) is 10.9 Å². The second-order valence-corrected chi connectivity index (χ2v) is 6.99. The smallest absolute Gasteiger partial charge is 0.240 e. The summed E-state index contributed by atoms with van der Waals surface area (Å²) in [5, 5.41) is 12.5. The van der Waals surface area contributed by atoms with E-state index < -0.39 is 10.0 Å². The fourth-order valence-electron chi connectivity index (χ4n) is 1.97. The molecule has 2 aromatic rings. The summed E-state index contributed by atoms with van der Waals surface area (Å²) in [7, 11) is -3.80. The van der Waals surface area contributed by atoms with Crippen molar-refractivity contribution in [3.63, 3.8) is 0 Å². The standard InChI is InChI=1S/C13H17N3O2S2/c1-9(6-10-4-5-19-8-10)16-12-3-2-11(14)7-13(12)20(15,17)18/h2-5,7-9,16H,6,14H2,1H3,(H2,15,17,18). The Morgan fingerprint density at radius 1 is 1.35 bits per heavy atom. The summed E-state index contributed by atoms with van der Waals surface area (Å²) < 4.78 is 23.2. The average molecular weight is 311 g/mol. The van der Waals surface area contributed by atoms with Gasteiger partial charge in [-0.1, -0.05) is 0 Å². The molecule has 108 valence electrons. The van der Waals surface area contributed by atoms with Crippen molar-refractivity contribution < 1.29 is 8.42 Å². The molecule has 1 unspecified atom stereocenters. The molecule has 5 nitrogen and oxygen atoms in total. The number of nitrogens with two attached hydrogens (primary N) is 2. The third-order valence-electron chi connectivity index (χ3n) is 2.84. The number of hydrogen-bond donors (Lipinski definition) is 3. The van der Waals surface area contributed by atoms with E-state index in [9.17, 15) is 8.42 Å². The van der Waals surface area contributed by atoms with Crippen LogP contribution >= 0.6 is 11.3 Å². The number of anilines is 2. The highest BCUT2D eigenvalue weighted by Crippen LogP contribution is 2.24. The Morgan fingerprint density at radius 2 is 2.10 bits per heavy atom. The van der Waals surface area contributed by atoms with Gasteiger partial charge >= 0.3 is 0 Å². The van der Waals surface area contributed by atoms with Gasteiger partial charge < -0.3 is 11.1 Å². The molecule has 1 heterocycles. The second-order valence-electron chi connectivity index (χ2n) is 4.68. The Kier molecular flexibility index (Phi) is 4.32. The van der Waals surface area contributed by atoms with Crippen molar-refractivity contribution in [1.82, 2.24) is 0 Å². The lowest BCUT2D eigenvalue weighted by atomic mass is 10.1. The van der Waals surface area contributed by atoms with E-state index in [1.807, 2.05) is 18.4 Å². The van der Waals surface area contributed by atoms with E-state index >= 15 is 0 Å². The van der Waals surface area contributed by atoms with Gasteiger partial charge in [0.15, 0.2) is 0 Å². The molecular weight excluding hydrogens is 294 g/mol. The fraction of sp³-hybridized carbons (Fsp3) is 0.231. The van der Waals surface area contributed by atoms with Crippen LogP contribution in [0.2, 0.25) is 0 Å². The molecule has 1 aromatic heterocycles. The lowest BCUT2D eigenvalue weighted by Crippen LogP contribution is -2.21. The highest BCUT2D eigenvalue weighted by atomic mass is 32.2. The van der Waals surface area contributed by atoms with E-state index in [-0.39, 0.29) is 10.9 Å². The third kappa shape index (κ3) is 3.72. The van der Waals surface area contributed by atoms with Crippen LogP contribution in [0.5, 0.6) is 0 Å². The van der Waals surface area contributed by atoms with Crippen molar-refractivity contribution in [2.75, 3.05) is 11.1 Å². The van der Waals surface area contributed by atoms with Crippen molar-refractivity contribution in [3.8, 4) is 0 Å². The number of primary sulfonamides is 1. The highest BCUT2D eigenvalue weighted by Gasteiger charge is 2.16. The summed E-state index contributed by atoms with van der Waals surface area (Å²) in [6, 6.07) is 6.78. The number of benzene rings is 1. The zero-order valence-electron chi connectivity index (χ0n) is 11.0. The molecule has 2 rings (SSSR count). The zero-order chi connectivity index (χ0) is 14.8. The van der Waals surface area contributed by atoms with Gasteiger partial charge in [0.05, 0.1) is 5.69 Å². The van der Waals surface area contributed by atoms with Crippen LogP contribution in [-0.4, -0.2) is 14.5 Å². The number of hydrogen-bond acceptors (Lipinski definition) is 5. The summed E-state index contributed by atoms with van der Waals surface area (Å²) in [5.41, 5.74) is 7.67. The molecule has 0 saturated heterocycles. The first-order valence-electron chi connectivity index (χ1n) is 6.06. The van der Waals surface area contributed by atoms with Gasteiger partial charge in [0.25, 0.3) is 0 Å². The Bertz CT molecular complexity index is 682. The maximum atomic E-state index is 11.6. The van der Waals surface area contributed by atoms with Crippen LogP contribution < -0.4 is 16.2 Å². The fourth-order valence-corrected chi connectivity index (χ4v) is 3.39. The topological polar surface area (TPSA) is 98.2 Å². The molecule has 0 saturated carbocycles. The number of rotatable bonds is 5. The Balaban J connectivity index is 2.21. The molecule has 0 fully saturated rings. The number of thiophene rings is 1. The number of nitrogen functional groups attached to an aromatic ring is 1. The largest absolute Gasteiger partial charge is 0.399 e. The Labute approximate surface area is 122 Å². The van der Waals surface area contributed by atoms with E-state index in [2.05, 4.69) is 10.7 Å². The molecule has 0 bridgehead atoms. The Hall–Kier alpha value is -1.57. The van der Waals surface area contributed by atoms with Gasteiger partial charge in [-0.3, -0.25) is 0 Å². The summed E-state index contributed by atoms with van der Waals surface area (Å²) in [6.45, 7) is 1.99. The Morgan fingerprint density at radius 3 is 2.70 bits per heavy atom. The van der Waals surface area contributed by atoms with Gasteiger partial charge in [0.2, 0.25) is 10.0 Å². The van der Waals surface area contributed by atoms with E-state index in [1.54, 1.807) is 23.5 Å². The van der Waals surface area contributed by atoms with Gasteiger partial charge in [-0.05, 0) is 53.9 Å². The molecule has 0 radical (unpaired) electrons. The zero-order valence-corrected chi connectivity index (χ0v) is 12.7. The lowest BCUT2D eigenvalue weighted by Gasteiger charge is -2.17. The monoisotopic (exact) mass is 311 g/mol. The maximum absolute atomic E-state index is 11.6. The first-order valence-corrected chi connectivity index (χ1v) is 8.55. The minimum atomic E-state index is -3.80. The van der Waals surface area contributed by atoms with Crippen molar-refractivity contribution in [2.24, 2.45) is 5.14 Å². The SMILES string of the molecule is CC(Cc1ccsc1)Nc1ccc(N)cc1S(N)(=O)=O. The molecular formula is C13H17N3O2S2. The van der Waals surface area contributed by atoms with Crippen molar-refractivity contribution in [2.45, 2.75) is 24.3 Å². The molecule has 0 aliphatic heterocycles. The number of nitrogens with one attached hydrogen (secondary N) is 1. The van der Waals surface area contributed by atoms with Gasteiger partial charge in [0.1, 0.15) is 4.90 Å². The number of sulfonamides is 1. The lowest BCUT2D eigenvalue weighted by molar-refractivity contribution is 0.598.